The quantitative estimate of drug-likeness (QED) is 0.620. The van der Waals surface area contributed by atoms with Gasteiger partial charge in [0.05, 0.1) is 17.9 Å². The van der Waals surface area contributed by atoms with E-state index in [1.807, 2.05) is 11.8 Å². The zero-order valence-electron chi connectivity index (χ0n) is 18.8. The molecular weight excluding hydrogens is 446 g/mol. The second kappa shape index (κ2) is 10.2. The Bertz CT molecular complexity index is 1110. The van der Waals surface area contributed by atoms with Gasteiger partial charge in [-0.1, -0.05) is 10.5 Å². The monoisotopic (exact) mass is 473 g/mol. The number of aryl methyl sites for hydroxylation is 1. The first-order valence-corrected chi connectivity index (χ1v) is 12.0. The Morgan fingerprint density at radius 2 is 2.03 bits per heavy atom. The number of nitrogens with zero attached hydrogens (tertiary/aromatic N) is 4. The predicted octanol–water partition coefficient (Wildman–Crippen LogP) is 2.73. The summed E-state index contributed by atoms with van der Waals surface area (Å²) in [4.78, 5) is 31.5. The van der Waals surface area contributed by atoms with Crippen molar-refractivity contribution in [1.29, 1.82) is 0 Å². The number of hydrogen-bond acceptors (Lipinski definition) is 7. The van der Waals surface area contributed by atoms with Gasteiger partial charge in [0.25, 0.3) is 11.1 Å². The number of benzene rings is 1. The van der Waals surface area contributed by atoms with Crippen molar-refractivity contribution < 1.29 is 23.8 Å². The molecule has 1 aromatic heterocycles. The minimum Gasteiger partial charge on any atom is -0.488 e. The second-order valence-corrected chi connectivity index (χ2v) is 9.52. The van der Waals surface area contributed by atoms with Gasteiger partial charge in [-0.3, -0.25) is 14.3 Å². The molecule has 10 nitrogen and oxygen atoms in total. The standard InChI is InChI=1S/C22H27N5O5S/c1-15(12-30-3)31-17-9-16(21(28)24-19-5-8-26(2)25-19)10-18(11-17)32-20-13-33(14-23-20)22(29)27-6-4-7-27/h5,8-11,14-15H,4,6-7,12-13H2,1-3H3,(H,24,25,28)/t15-,33?/m0/s1. The van der Waals surface area contributed by atoms with Crippen molar-refractivity contribution in [3.05, 3.63) is 36.0 Å². The zero-order chi connectivity index (χ0) is 23.4. The van der Waals surface area contributed by atoms with E-state index >= 15 is 0 Å². The molecule has 2 aliphatic heterocycles. The summed E-state index contributed by atoms with van der Waals surface area (Å²) in [5.74, 6) is 1.79. The maximum Gasteiger partial charge on any atom is 0.277 e. The van der Waals surface area contributed by atoms with Gasteiger partial charge in [0.2, 0.25) is 5.90 Å². The number of hydrogen-bond donors (Lipinski definition) is 1. The van der Waals surface area contributed by atoms with Crippen molar-refractivity contribution in [2.24, 2.45) is 12.0 Å². The van der Waals surface area contributed by atoms with E-state index in [9.17, 15) is 9.59 Å². The Balaban J connectivity index is 1.49. The smallest absolute Gasteiger partial charge is 0.277 e. The highest BCUT2D eigenvalue weighted by Gasteiger charge is 2.26. The summed E-state index contributed by atoms with van der Waals surface area (Å²) in [6.07, 6.45) is 2.56. The number of aromatic nitrogens is 2. The summed E-state index contributed by atoms with van der Waals surface area (Å²) in [5, 5.41) is 7.04. The van der Waals surface area contributed by atoms with Crippen LogP contribution in [-0.2, 0) is 11.8 Å². The lowest BCUT2D eigenvalue weighted by atomic mass is 10.2. The van der Waals surface area contributed by atoms with Gasteiger partial charge in [-0.15, -0.1) is 0 Å². The maximum absolute atomic E-state index is 12.9. The van der Waals surface area contributed by atoms with Crippen LogP contribution in [0.2, 0.25) is 0 Å². The molecule has 1 fully saturated rings. The fraction of sp³-hybridized carbons (Fsp3) is 0.409. The van der Waals surface area contributed by atoms with E-state index in [1.54, 1.807) is 54.8 Å². The van der Waals surface area contributed by atoms with Gasteiger partial charge < -0.3 is 24.4 Å². The van der Waals surface area contributed by atoms with Crippen LogP contribution in [-0.4, -0.2) is 75.9 Å². The third-order valence-electron chi connectivity index (χ3n) is 5.01. The fourth-order valence-corrected chi connectivity index (χ4v) is 4.74. The van der Waals surface area contributed by atoms with Gasteiger partial charge >= 0.3 is 0 Å². The Hall–Kier alpha value is -3.18. The Morgan fingerprint density at radius 1 is 1.24 bits per heavy atom. The van der Waals surface area contributed by atoms with Crippen molar-refractivity contribution >= 4 is 38.8 Å². The molecule has 1 N–H and O–H groups in total. The summed E-state index contributed by atoms with van der Waals surface area (Å²) >= 11 is 0. The van der Waals surface area contributed by atoms with Gasteiger partial charge in [0.15, 0.2) is 5.82 Å². The normalized spacial score (nSPS) is 18.1. The van der Waals surface area contributed by atoms with E-state index in [4.69, 9.17) is 14.2 Å². The number of likely N-dealkylation sites (tertiary alicyclic amines) is 1. The highest BCUT2D eigenvalue weighted by atomic mass is 32.2. The summed E-state index contributed by atoms with van der Waals surface area (Å²) in [7, 11) is 2.75. The molecule has 11 heteroatoms. The van der Waals surface area contributed by atoms with Crippen molar-refractivity contribution in [2.75, 3.05) is 37.9 Å². The van der Waals surface area contributed by atoms with Gasteiger partial charge in [-0.2, -0.15) is 5.10 Å². The third-order valence-corrected chi connectivity index (χ3v) is 6.64. The molecule has 1 unspecified atom stereocenters. The van der Waals surface area contributed by atoms with Gasteiger partial charge in [-0.05, 0) is 25.5 Å². The molecule has 1 saturated heterocycles. The number of nitrogens with one attached hydrogen (secondary N) is 1. The first kappa shape index (κ1) is 23.0. The molecule has 1 aromatic carbocycles. The van der Waals surface area contributed by atoms with Crippen molar-refractivity contribution in [1.82, 2.24) is 14.7 Å². The first-order chi connectivity index (χ1) is 15.9. The van der Waals surface area contributed by atoms with Crippen LogP contribution < -0.4 is 14.8 Å². The number of amides is 2. The highest BCUT2D eigenvalue weighted by Crippen LogP contribution is 2.29. The van der Waals surface area contributed by atoms with Crippen molar-refractivity contribution in [3.8, 4) is 11.5 Å². The van der Waals surface area contributed by atoms with Gasteiger partial charge in [0.1, 0.15) is 17.6 Å². The lowest BCUT2D eigenvalue weighted by Crippen LogP contribution is -2.40. The SMILES string of the molecule is COC[C@H](C)Oc1cc(OC2=NC=S(C(=O)N3CCC3)C2)cc(C(=O)Nc2ccn(C)n2)c1. The topological polar surface area (TPSA) is 107 Å². The summed E-state index contributed by atoms with van der Waals surface area (Å²) in [6.45, 7) is 3.87. The lowest BCUT2D eigenvalue weighted by molar-refractivity contribution is 0.0916. The molecule has 0 radical (unpaired) electrons. The predicted molar refractivity (Wildman–Crippen MR) is 128 cm³/mol. The molecule has 33 heavy (non-hydrogen) atoms. The molecule has 0 bridgehead atoms. The minimum absolute atomic E-state index is 0.101. The average Bonchev–Trinajstić information content (AvgIpc) is 3.35. The molecule has 2 aliphatic rings. The van der Waals surface area contributed by atoms with Crippen LogP contribution in [0.15, 0.2) is 35.5 Å². The van der Waals surface area contributed by atoms with Crippen LogP contribution in [0, 0.1) is 0 Å². The Morgan fingerprint density at radius 3 is 2.70 bits per heavy atom. The molecule has 3 heterocycles. The minimum atomic E-state index is -0.614. The van der Waals surface area contributed by atoms with Crippen LogP contribution in [0.5, 0.6) is 11.5 Å². The van der Waals surface area contributed by atoms with Crippen LogP contribution in [0.3, 0.4) is 0 Å². The van der Waals surface area contributed by atoms with Gasteiger partial charge in [-0.25, -0.2) is 4.99 Å². The third kappa shape index (κ3) is 5.79. The van der Waals surface area contributed by atoms with Crippen LogP contribution in [0.1, 0.15) is 23.7 Å². The van der Waals surface area contributed by atoms with Gasteiger partial charge in [0, 0.05) is 51.1 Å². The lowest BCUT2D eigenvalue weighted by Gasteiger charge is -2.31. The number of carbonyl (C=O) groups is 2. The Labute approximate surface area is 194 Å². The van der Waals surface area contributed by atoms with E-state index < -0.39 is 10.5 Å². The fourth-order valence-electron chi connectivity index (χ4n) is 3.29. The number of ether oxygens (including phenoxy) is 3. The van der Waals surface area contributed by atoms with Crippen LogP contribution >= 0.6 is 10.5 Å². The zero-order valence-corrected chi connectivity index (χ0v) is 19.6. The largest absolute Gasteiger partial charge is 0.488 e. The first-order valence-electron chi connectivity index (χ1n) is 10.6. The molecule has 0 aliphatic carbocycles. The molecular formula is C22H27N5O5S. The van der Waals surface area contributed by atoms with Crippen molar-refractivity contribution in [2.45, 2.75) is 19.4 Å². The highest BCUT2D eigenvalue weighted by molar-refractivity contribution is 8.28. The maximum atomic E-state index is 12.9. The summed E-state index contributed by atoms with van der Waals surface area (Å²) < 4.78 is 18.6. The Kier molecular flexibility index (Phi) is 7.09. The summed E-state index contributed by atoms with van der Waals surface area (Å²) in [6, 6.07) is 6.65. The molecule has 176 valence electrons. The molecule has 0 spiro atoms. The second-order valence-electron chi connectivity index (χ2n) is 7.82. The molecule has 4 rings (SSSR count). The van der Waals surface area contributed by atoms with E-state index in [0.29, 0.717) is 41.1 Å². The summed E-state index contributed by atoms with van der Waals surface area (Å²) in [5.41, 5.74) is 2.00. The van der Waals surface area contributed by atoms with E-state index in [-0.39, 0.29) is 17.3 Å². The van der Waals surface area contributed by atoms with Crippen LogP contribution in [0.25, 0.3) is 0 Å². The van der Waals surface area contributed by atoms with E-state index in [1.165, 1.54) is 0 Å². The number of methoxy groups -OCH3 is 1. The van der Waals surface area contributed by atoms with Crippen molar-refractivity contribution in [3.63, 3.8) is 0 Å². The van der Waals surface area contributed by atoms with E-state index in [2.05, 4.69) is 15.4 Å². The molecule has 2 atom stereocenters. The average molecular weight is 474 g/mol. The number of rotatable bonds is 7. The molecule has 0 saturated carbocycles. The molecule has 2 aromatic rings. The number of anilines is 1. The van der Waals surface area contributed by atoms with E-state index in [0.717, 1.165) is 19.5 Å². The number of aliphatic imine (C=N–C) groups is 1. The number of carbonyl (C=O) groups excluding carboxylic acids is 2. The molecule has 2 amide bonds. The van der Waals surface area contributed by atoms with Crippen LogP contribution in [0.4, 0.5) is 10.6 Å².